The molecular formula is C18H24N2O. The van der Waals surface area contributed by atoms with E-state index in [1.165, 1.54) is 5.56 Å². The molecule has 2 aromatic rings. The van der Waals surface area contributed by atoms with E-state index < -0.39 is 0 Å². The molecule has 2 aromatic carbocycles. The highest BCUT2D eigenvalue weighted by molar-refractivity contribution is 5.49. The maximum Gasteiger partial charge on any atom is 0.121 e. The number of hydrogen-bond acceptors (Lipinski definition) is 3. The molecule has 0 saturated carbocycles. The van der Waals surface area contributed by atoms with Gasteiger partial charge in [-0.1, -0.05) is 18.2 Å². The third-order valence-corrected chi connectivity index (χ3v) is 3.01. The van der Waals surface area contributed by atoms with Crippen molar-refractivity contribution in [2.75, 3.05) is 23.7 Å². The van der Waals surface area contributed by atoms with Gasteiger partial charge in [0.25, 0.3) is 0 Å². The predicted molar refractivity (Wildman–Crippen MR) is 90.4 cm³/mol. The van der Waals surface area contributed by atoms with Crippen LogP contribution in [0.25, 0.3) is 0 Å². The topological polar surface area (TPSA) is 33.3 Å². The highest BCUT2D eigenvalue weighted by atomic mass is 16.5. The summed E-state index contributed by atoms with van der Waals surface area (Å²) in [6.07, 6.45) is 0.197. The summed E-state index contributed by atoms with van der Waals surface area (Å²) in [4.78, 5) is 0. The van der Waals surface area contributed by atoms with Crippen molar-refractivity contribution in [1.29, 1.82) is 0 Å². The van der Waals surface area contributed by atoms with E-state index in [2.05, 4.69) is 47.9 Å². The van der Waals surface area contributed by atoms with E-state index in [0.717, 1.165) is 30.2 Å². The van der Waals surface area contributed by atoms with E-state index in [-0.39, 0.29) is 6.10 Å². The van der Waals surface area contributed by atoms with Gasteiger partial charge in [-0.05, 0) is 50.6 Å². The van der Waals surface area contributed by atoms with Crippen LogP contribution in [0.3, 0.4) is 0 Å². The number of hydrogen-bond donors (Lipinski definition) is 2. The standard InChI is InChI=1S/C18H24N2O/c1-14(2)21-18-9-5-8-17(13-18)20-11-10-19-16-7-4-6-15(3)12-16/h4-9,12-14,19-20H,10-11H2,1-3H3. The number of anilines is 2. The number of ether oxygens (including phenoxy) is 1. The van der Waals surface area contributed by atoms with Crippen LogP contribution < -0.4 is 15.4 Å². The molecule has 0 amide bonds. The molecule has 0 saturated heterocycles. The summed E-state index contributed by atoms with van der Waals surface area (Å²) in [5, 5.41) is 6.81. The third-order valence-electron chi connectivity index (χ3n) is 3.01. The van der Waals surface area contributed by atoms with Crippen molar-refractivity contribution >= 4 is 11.4 Å². The Morgan fingerprint density at radius 1 is 0.905 bits per heavy atom. The Labute approximate surface area is 127 Å². The normalized spacial score (nSPS) is 10.5. The lowest BCUT2D eigenvalue weighted by Crippen LogP contribution is -2.13. The molecule has 0 fully saturated rings. The van der Waals surface area contributed by atoms with Gasteiger partial charge in [0.1, 0.15) is 5.75 Å². The largest absolute Gasteiger partial charge is 0.491 e. The van der Waals surface area contributed by atoms with Gasteiger partial charge in [-0.3, -0.25) is 0 Å². The van der Waals surface area contributed by atoms with E-state index in [0.29, 0.717) is 0 Å². The Bertz CT molecular complexity index is 567. The van der Waals surface area contributed by atoms with Gasteiger partial charge < -0.3 is 15.4 Å². The highest BCUT2D eigenvalue weighted by Crippen LogP contribution is 2.18. The van der Waals surface area contributed by atoms with Crippen LogP contribution in [0.15, 0.2) is 48.5 Å². The first-order valence-corrected chi connectivity index (χ1v) is 7.44. The lowest BCUT2D eigenvalue weighted by atomic mass is 10.2. The van der Waals surface area contributed by atoms with Crippen LogP contribution in [0.2, 0.25) is 0 Å². The second kappa shape index (κ2) is 7.58. The third kappa shape index (κ3) is 5.38. The molecule has 0 bridgehead atoms. The quantitative estimate of drug-likeness (QED) is 0.743. The molecule has 0 aliphatic carbocycles. The van der Waals surface area contributed by atoms with Crippen LogP contribution in [0.5, 0.6) is 5.75 Å². The van der Waals surface area contributed by atoms with Crippen LogP contribution in [0, 0.1) is 6.92 Å². The fourth-order valence-corrected chi connectivity index (χ4v) is 2.12. The summed E-state index contributed by atoms with van der Waals surface area (Å²) in [5.74, 6) is 0.904. The minimum Gasteiger partial charge on any atom is -0.491 e. The zero-order valence-electron chi connectivity index (χ0n) is 13.0. The first-order chi connectivity index (χ1) is 10.1. The van der Waals surface area contributed by atoms with Crippen molar-refractivity contribution in [3.8, 4) is 5.75 Å². The molecule has 0 unspecified atom stereocenters. The van der Waals surface area contributed by atoms with Crippen molar-refractivity contribution in [2.45, 2.75) is 26.9 Å². The van der Waals surface area contributed by atoms with Gasteiger partial charge in [0.2, 0.25) is 0 Å². The molecule has 112 valence electrons. The van der Waals surface area contributed by atoms with Crippen molar-refractivity contribution in [3.63, 3.8) is 0 Å². The number of benzene rings is 2. The lowest BCUT2D eigenvalue weighted by molar-refractivity contribution is 0.242. The Hall–Kier alpha value is -2.16. The summed E-state index contributed by atoms with van der Waals surface area (Å²) in [7, 11) is 0. The first kappa shape index (κ1) is 15.2. The van der Waals surface area contributed by atoms with Gasteiger partial charge in [0.05, 0.1) is 6.10 Å². The average Bonchev–Trinajstić information content (AvgIpc) is 2.43. The van der Waals surface area contributed by atoms with Crippen LogP contribution in [0.1, 0.15) is 19.4 Å². The Morgan fingerprint density at radius 2 is 1.52 bits per heavy atom. The summed E-state index contributed by atoms with van der Waals surface area (Å²) < 4.78 is 5.69. The average molecular weight is 284 g/mol. The van der Waals surface area contributed by atoms with E-state index in [9.17, 15) is 0 Å². The number of rotatable bonds is 7. The Morgan fingerprint density at radius 3 is 2.14 bits per heavy atom. The van der Waals surface area contributed by atoms with E-state index in [1.807, 2.05) is 32.0 Å². The molecule has 0 aliphatic rings. The molecule has 3 nitrogen and oxygen atoms in total. The molecule has 0 spiro atoms. The lowest BCUT2D eigenvalue weighted by Gasteiger charge is -2.12. The van der Waals surface area contributed by atoms with Gasteiger partial charge in [-0.15, -0.1) is 0 Å². The van der Waals surface area contributed by atoms with Gasteiger partial charge in [-0.25, -0.2) is 0 Å². The second-order valence-corrected chi connectivity index (χ2v) is 5.42. The van der Waals surface area contributed by atoms with E-state index in [1.54, 1.807) is 0 Å². The first-order valence-electron chi connectivity index (χ1n) is 7.44. The van der Waals surface area contributed by atoms with Crippen LogP contribution in [-0.4, -0.2) is 19.2 Å². The molecule has 0 heterocycles. The number of aryl methyl sites for hydroxylation is 1. The maximum atomic E-state index is 5.69. The molecule has 21 heavy (non-hydrogen) atoms. The Kier molecular flexibility index (Phi) is 5.50. The predicted octanol–water partition coefficient (Wildman–Crippen LogP) is 4.31. The van der Waals surface area contributed by atoms with E-state index >= 15 is 0 Å². The van der Waals surface area contributed by atoms with Gasteiger partial charge >= 0.3 is 0 Å². The van der Waals surface area contributed by atoms with E-state index in [4.69, 9.17) is 4.74 Å². The fraction of sp³-hybridized carbons (Fsp3) is 0.333. The maximum absolute atomic E-state index is 5.69. The smallest absolute Gasteiger partial charge is 0.121 e. The van der Waals surface area contributed by atoms with Gasteiger partial charge in [0.15, 0.2) is 0 Å². The van der Waals surface area contributed by atoms with Crippen molar-refractivity contribution in [1.82, 2.24) is 0 Å². The fourth-order valence-electron chi connectivity index (χ4n) is 2.12. The molecule has 0 aromatic heterocycles. The van der Waals surface area contributed by atoms with Crippen molar-refractivity contribution < 1.29 is 4.74 Å². The minimum atomic E-state index is 0.197. The molecule has 2 rings (SSSR count). The summed E-state index contributed by atoms with van der Waals surface area (Å²) >= 11 is 0. The molecule has 2 N–H and O–H groups in total. The minimum absolute atomic E-state index is 0.197. The van der Waals surface area contributed by atoms with Crippen LogP contribution >= 0.6 is 0 Å². The van der Waals surface area contributed by atoms with Gasteiger partial charge in [-0.2, -0.15) is 0 Å². The number of nitrogens with one attached hydrogen (secondary N) is 2. The van der Waals surface area contributed by atoms with Crippen molar-refractivity contribution in [3.05, 3.63) is 54.1 Å². The molecule has 0 aliphatic heterocycles. The zero-order chi connectivity index (χ0) is 15.1. The molecule has 0 radical (unpaired) electrons. The highest BCUT2D eigenvalue weighted by Gasteiger charge is 1.99. The SMILES string of the molecule is Cc1cccc(NCCNc2cccc(OC(C)C)c2)c1. The summed E-state index contributed by atoms with van der Waals surface area (Å²) in [5.41, 5.74) is 3.51. The molecular weight excluding hydrogens is 260 g/mol. The van der Waals surface area contributed by atoms with Crippen molar-refractivity contribution in [2.24, 2.45) is 0 Å². The second-order valence-electron chi connectivity index (χ2n) is 5.42. The summed E-state index contributed by atoms with van der Waals surface area (Å²) in [6, 6.07) is 16.5. The van der Waals surface area contributed by atoms with Crippen LogP contribution in [0.4, 0.5) is 11.4 Å². The molecule has 3 heteroatoms. The van der Waals surface area contributed by atoms with Gasteiger partial charge in [0, 0.05) is 30.5 Å². The zero-order valence-corrected chi connectivity index (χ0v) is 13.0. The molecule has 0 atom stereocenters. The summed E-state index contributed by atoms with van der Waals surface area (Å²) in [6.45, 7) is 7.90. The van der Waals surface area contributed by atoms with Crippen LogP contribution in [-0.2, 0) is 0 Å². The monoisotopic (exact) mass is 284 g/mol. The Balaban J connectivity index is 1.78.